The Balaban J connectivity index is 1.29. The first-order valence-electron chi connectivity index (χ1n) is 9.53. The van der Waals surface area contributed by atoms with E-state index in [2.05, 4.69) is 29.6 Å². The van der Waals surface area contributed by atoms with Gasteiger partial charge in [0.2, 0.25) is 0 Å². The maximum absolute atomic E-state index is 12.5. The molecule has 2 bridgehead atoms. The van der Waals surface area contributed by atoms with Crippen LogP contribution in [-0.4, -0.2) is 41.5 Å². The highest BCUT2D eigenvalue weighted by Crippen LogP contribution is 2.48. The van der Waals surface area contributed by atoms with Crippen molar-refractivity contribution < 1.29 is 24.2 Å². The van der Waals surface area contributed by atoms with Crippen LogP contribution in [0, 0.1) is 0 Å². The van der Waals surface area contributed by atoms with E-state index in [0.717, 1.165) is 11.1 Å². The van der Waals surface area contributed by atoms with Crippen LogP contribution in [0.3, 0.4) is 0 Å². The van der Waals surface area contributed by atoms with Crippen molar-refractivity contribution in [2.45, 2.75) is 36.3 Å². The summed E-state index contributed by atoms with van der Waals surface area (Å²) in [6.45, 7) is 0.449. The average Bonchev–Trinajstić information content (AvgIpc) is 3.35. The van der Waals surface area contributed by atoms with E-state index in [1.165, 1.54) is 11.1 Å². The molecule has 5 rings (SSSR count). The fraction of sp³-hybridized carbons (Fsp3) is 0.364. The van der Waals surface area contributed by atoms with Crippen molar-refractivity contribution in [3.8, 4) is 11.1 Å². The zero-order chi connectivity index (χ0) is 19.4. The standard InChI is InChI=1S/C22H21NO5/c24-19(25)22-10-9-21(12-22,13-28-22)23-20(26)27-11-18-16-7-3-1-5-14(16)15-6-2-4-8-17(15)18/h1-8,18H,9-13H2,(H,23,26)(H,24,25). The zero-order valence-electron chi connectivity index (χ0n) is 15.3. The predicted molar refractivity (Wildman–Crippen MR) is 101 cm³/mol. The minimum absolute atomic E-state index is 0.00262. The summed E-state index contributed by atoms with van der Waals surface area (Å²) in [7, 11) is 0. The van der Waals surface area contributed by atoms with Gasteiger partial charge >= 0.3 is 12.1 Å². The van der Waals surface area contributed by atoms with Crippen molar-refractivity contribution >= 4 is 12.1 Å². The number of rotatable bonds is 4. The van der Waals surface area contributed by atoms with Gasteiger partial charge in [0.05, 0.1) is 12.1 Å². The molecule has 3 aliphatic rings. The highest BCUT2D eigenvalue weighted by molar-refractivity contribution is 5.80. The molecule has 1 heterocycles. The maximum Gasteiger partial charge on any atom is 0.407 e. The number of benzene rings is 2. The third kappa shape index (κ3) is 2.52. The van der Waals surface area contributed by atoms with E-state index in [-0.39, 0.29) is 19.1 Å². The Kier molecular flexibility index (Phi) is 3.74. The predicted octanol–water partition coefficient (Wildman–Crippen LogP) is 3.30. The Morgan fingerprint density at radius 2 is 1.71 bits per heavy atom. The number of fused-ring (bicyclic) bond motifs is 5. The first-order chi connectivity index (χ1) is 13.5. The molecule has 0 spiro atoms. The number of carboxylic acid groups (broad SMARTS) is 1. The molecule has 1 saturated carbocycles. The summed E-state index contributed by atoms with van der Waals surface area (Å²) in [4.78, 5) is 24.0. The van der Waals surface area contributed by atoms with Crippen molar-refractivity contribution in [2.75, 3.05) is 13.2 Å². The molecule has 2 aromatic carbocycles. The minimum Gasteiger partial charge on any atom is -0.479 e. The van der Waals surface area contributed by atoms with E-state index in [4.69, 9.17) is 9.47 Å². The van der Waals surface area contributed by atoms with Crippen LogP contribution in [0.4, 0.5) is 4.79 Å². The molecular formula is C22H21NO5. The summed E-state index contributed by atoms with van der Waals surface area (Å²) in [5.74, 6) is -0.960. The fourth-order valence-electron chi connectivity index (χ4n) is 4.93. The van der Waals surface area contributed by atoms with E-state index < -0.39 is 23.2 Å². The number of amides is 1. The Morgan fingerprint density at radius 1 is 1.07 bits per heavy atom. The topological polar surface area (TPSA) is 84.9 Å². The highest BCUT2D eigenvalue weighted by Gasteiger charge is 2.60. The molecule has 1 saturated heterocycles. The number of carbonyl (C=O) groups is 2. The van der Waals surface area contributed by atoms with Crippen LogP contribution in [0.1, 0.15) is 36.3 Å². The number of ether oxygens (including phenoxy) is 2. The molecule has 1 aliphatic heterocycles. The molecule has 0 radical (unpaired) electrons. The lowest BCUT2D eigenvalue weighted by molar-refractivity contribution is -0.161. The first kappa shape index (κ1) is 17.3. The molecule has 144 valence electrons. The van der Waals surface area contributed by atoms with E-state index in [1.54, 1.807) is 0 Å². The molecule has 2 unspecified atom stereocenters. The van der Waals surface area contributed by atoms with Gasteiger partial charge in [-0.05, 0) is 35.1 Å². The molecule has 28 heavy (non-hydrogen) atoms. The van der Waals surface area contributed by atoms with E-state index in [0.29, 0.717) is 19.3 Å². The Hall–Kier alpha value is -2.86. The van der Waals surface area contributed by atoms with Crippen LogP contribution in [-0.2, 0) is 14.3 Å². The number of nitrogens with one attached hydrogen (secondary N) is 1. The van der Waals surface area contributed by atoms with E-state index in [9.17, 15) is 14.7 Å². The molecule has 6 heteroatoms. The number of carbonyl (C=O) groups excluding carboxylic acids is 1. The molecule has 2 N–H and O–H groups in total. The number of hydrogen-bond acceptors (Lipinski definition) is 4. The maximum atomic E-state index is 12.5. The zero-order valence-corrected chi connectivity index (χ0v) is 15.3. The second kappa shape index (κ2) is 6.07. The van der Waals surface area contributed by atoms with E-state index in [1.807, 2.05) is 24.3 Å². The van der Waals surface area contributed by atoms with Crippen molar-refractivity contribution in [1.82, 2.24) is 5.32 Å². The van der Waals surface area contributed by atoms with Crippen LogP contribution >= 0.6 is 0 Å². The molecule has 0 aromatic heterocycles. The Labute approximate surface area is 162 Å². The Bertz CT molecular complexity index is 915. The summed E-state index contributed by atoms with van der Waals surface area (Å²) in [5.41, 5.74) is 2.88. The van der Waals surface area contributed by atoms with Gasteiger partial charge in [-0.15, -0.1) is 0 Å². The molecular weight excluding hydrogens is 358 g/mol. The van der Waals surface area contributed by atoms with Gasteiger partial charge in [0.15, 0.2) is 5.60 Å². The van der Waals surface area contributed by atoms with Gasteiger partial charge in [0.1, 0.15) is 6.61 Å². The average molecular weight is 379 g/mol. The molecule has 2 aromatic rings. The molecule has 6 nitrogen and oxygen atoms in total. The van der Waals surface area contributed by atoms with Gasteiger partial charge in [-0.2, -0.15) is 0 Å². The van der Waals surface area contributed by atoms with Crippen LogP contribution in [0.2, 0.25) is 0 Å². The highest BCUT2D eigenvalue weighted by atomic mass is 16.6. The number of alkyl carbamates (subject to hydrolysis) is 1. The summed E-state index contributed by atoms with van der Waals surface area (Å²) < 4.78 is 11.1. The first-order valence-corrected chi connectivity index (χ1v) is 9.53. The van der Waals surface area contributed by atoms with Crippen molar-refractivity contribution in [3.05, 3.63) is 59.7 Å². The second-order valence-corrected chi connectivity index (χ2v) is 8.00. The summed E-state index contributed by atoms with van der Waals surface area (Å²) in [6, 6.07) is 16.3. The van der Waals surface area contributed by atoms with Gasteiger partial charge in [0.25, 0.3) is 0 Å². The van der Waals surface area contributed by atoms with Crippen LogP contribution in [0.5, 0.6) is 0 Å². The monoisotopic (exact) mass is 379 g/mol. The van der Waals surface area contributed by atoms with Crippen LogP contribution in [0.25, 0.3) is 11.1 Å². The van der Waals surface area contributed by atoms with Gasteiger partial charge in [-0.1, -0.05) is 48.5 Å². The second-order valence-electron chi connectivity index (χ2n) is 8.00. The summed E-state index contributed by atoms with van der Waals surface area (Å²) in [5, 5.41) is 12.3. The smallest absolute Gasteiger partial charge is 0.407 e. The quantitative estimate of drug-likeness (QED) is 0.851. The number of carboxylic acids is 1. The van der Waals surface area contributed by atoms with E-state index >= 15 is 0 Å². The number of aliphatic carboxylic acids is 1. The molecule has 2 atom stereocenters. The molecule has 2 fully saturated rings. The van der Waals surface area contributed by atoms with Crippen molar-refractivity contribution in [2.24, 2.45) is 0 Å². The Morgan fingerprint density at radius 3 is 2.25 bits per heavy atom. The van der Waals surface area contributed by atoms with Gasteiger partial charge in [-0.3, -0.25) is 0 Å². The molecule has 1 amide bonds. The van der Waals surface area contributed by atoms with Gasteiger partial charge in [0, 0.05) is 12.3 Å². The lowest BCUT2D eigenvalue weighted by Gasteiger charge is -2.27. The summed E-state index contributed by atoms with van der Waals surface area (Å²) >= 11 is 0. The number of hydrogen-bond donors (Lipinski definition) is 2. The van der Waals surface area contributed by atoms with Crippen LogP contribution < -0.4 is 5.32 Å². The summed E-state index contributed by atoms with van der Waals surface area (Å²) in [6.07, 6.45) is 0.767. The SMILES string of the molecule is O=C(NC12CCC(C(=O)O)(C1)OC2)OCC1c2ccccc2-c2ccccc21. The third-order valence-corrected chi connectivity index (χ3v) is 6.36. The largest absolute Gasteiger partial charge is 0.479 e. The normalized spacial score (nSPS) is 27.3. The fourth-order valence-corrected chi connectivity index (χ4v) is 4.93. The van der Waals surface area contributed by atoms with Crippen LogP contribution in [0.15, 0.2) is 48.5 Å². The van der Waals surface area contributed by atoms with Crippen molar-refractivity contribution in [1.29, 1.82) is 0 Å². The van der Waals surface area contributed by atoms with Gasteiger partial charge < -0.3 is 19.9 Å². The van der Waals surface area contributed by atoms with Gasteiger partial charge in [-0.25, -0.2) is 9.59 Å². The lowest BCUT2D eigenvalue weighted by atomic mass is 9.98. The third-order valence-electron chi connectivity index (χ3n) is 6.36. The molecule has 2 aliphatic carbocycles. The lowest BCUT2D eigenvalue weighted by Crippen LogP contribution is -2.48. The minimum atomic E-state index is -1.16. The van der Waals surface area contributed by atoms with Crippen molar-refractivity contribution in [3.63, 3.8) is 0 Å².